The highest BCUT2D eigenvalue weighted by molar-refractivity contribution is 9.10. The summed E-state index contributed by atoms with van der Waals surface area (Å²) in [4.78, 5) is 12.2. The predicted octanol–water partition coefficient (Wildman–Crippen LogP) is 3.52. The average Bonchev–Trinajstić information content (AvgIpc) is 3.10. The summed E-state index contributed by atoms with van der Waals surface area (Å²) in [6.07, 6.45) is 0. The van der Waals surface area contributed by atoms with E-state index in [1.807, 2.05) is 41.8 Å². The Kier molecular flexibility index (Phi) is 3.85. The van der Waals surface area contributed by atoms with Gasteiger partial charge in [0.1, 0.15) is 5.69 Å². The average molecular weight is 364 g/mol. The summed E-state index contributed by atoms with van der Waals surface area (Å²) >= 11 is 4.86. The van der Waals surface area contributed by atoms with Crippen molar-refractivity contribution in [3.05, 3.63) is 57.5 Å². The monoisotopic (exact) mass is 363 g/mol. The van der Waals surface area contributed by atoms with E-state index in [1.54, 1.807) is 4.68 Å². The number of benzene rings is 1. The highest BCUT2D eigenvalue weighted by atomic mass is 79.9. The third-order valence-corrected chi connectivity index (χ3v) is 4.34. The van der Waals surface area contributed by atoms with Crippen LogP contribution in [0.1, 0.15) is 16.1 Å². The number of nitrogens with zero attached hydrogens (tertiary/aromatic N) is 3. The van der Waals surface area contributed by atoms with Gasteiger partial charge in [-0.25, -0.2) is 9.48 Å². The van der Waals surface area contributed by atoms with Crippen molar-refractivity contribution in [2.24, 2.45) is 0 Å². The van der Waals surface area contributed by atoms with Crippen LogP contribution in [0.2, 0.25) is 0 Å². The van der Waals surface area contributed by atoms with Crippen molar-refractivity contribution in [3.63, 3.8) is 0 Å². The van der Waals surface area contributed by atoms with E-state index in [1.165, 1.54) is 11.3 Å². The minimum atomic E-state index is -1.07. The molecule has 3 aromatic rings. The molecular weight excluding hydrogens is 354 g/mol. The maximum absolute atomic E-state index is 11.3. The van der Waals surface area contributed by atoms with Gasteiger partial charge in [-0.2, -0.15) is 0 Å². The molecule has 0 spiro atoms. The summed E-state index contributed by atoms with van der Waals surface area (Å²) in [7, 11) is 0. The van der Waals surface area contributed by atoms with E-state index in [0.29, 0.717) is 12.2 Å². The molecule has 2 aromatic heterocycles. The number of hydrogen-bond acceptors (Lipinski definition) is 4. The molecule has 0 radical (unpaired) electrons. The van der Waals surface area contributed by atoms with Crippen LogP contribution in [-0.4, -0.2) is 26.1 Å². The van der Waals surface area contributed by atoms with Crippen LogP contribution < -0.4 is 0 Å². The van der Waals surface area contributed by atoms with Gasteiger partial charge in [-0.1, -0.05) is 39.3 Å². The fourth-order valence-electron chi connectivity index (χ4n) is 1.99. The number of aromatic carboxylic acids is 1. The summed E-state index contributed by atoms with van der Waals surface area (Å²) < 4.78 is 2.62. The summed E-state index contributed by atoms with van der Waals surface area (Å²) in [6.45, 7) is 0.473. The summed E-state index contributed by atoms with van der Waals surface area (Å²) in [5, 5.41) is 19.0. The summed E-state index contributed by atoms with van der Waals surface area (Å²) in [6, 6.07) is 11.6. The Balaban J connectivity index is 2.03. The van der Waals surface area contributed by atoms with Crippen molar-refractivity contribution in [3.8, 4) is 10.6 Å². The molecule has 0 saturated heterocycles. The number of carbonyl (C=O) groups is 1. The second kappa shape index (κ2) is 5.79. The van der Waals surface area contributed by atoms with Crippen molar-refractivity contribution < 1.29 is 9.90 Å². The molecule has 106 valence electrons. The quantitative estimate of drug-likeness (QED) is 0.769. The molecular formula is C14H10BrN3O2S. The zero-order valence-electron chi connectivity index (χ0n) is 10.7. The number of carboxylic acid groups (broad SMARTS) is 1. The van der Waals surface area contributed by atoms with E-state index in [4.69, 9.17) is 0 Å². The second-order valence-corrected chi connectivity index (χ2v) is 6.22. The highest BCUT2D eigenvalue weighted by Crippen LogP contribution is 2.27. The molecule has 0 amide bonds. The standard InChI is InChI=1S/C14H10BrN3O2S/c15-10-5-3-9(4-6-10)8-18-13(11-2-1-7-21-11)12(14(19)20)16-17-18/h1-7H,8H2,(H,19,20). The topological polar surface area (TPSA) is 68.0 Å². The van der Waals surface area contributed by atoms with Crippen LogP contribution in [0.5, 0.6) is 0 Å². The van der Waals surface area contributed by atoms with Gasteiger partial charge in [0.25, 0.3) is 0 Å². The molecule has 0 aliphatic rings. The maximum Gasteiger partial charge on any atom is 0.358 e. The maximum atomic E-state index is 11.3. The molecule has 0 atom stereocenters. The van der Waals surface area contributed by atoms with E-state index >= 15 is 0 Å². The number of rotatable bonds is 4. The van der Waals surface area contributed by atoms with Gasteiger partial charge in [0.05, 0.1) is 11.4 Å². The lowest BCUT2D eigenvalue weighted by atomic mass is 10.2. The molecule has 0 saturated carbocycles. The van der Waals surface area contributed by atoms with E-state index in [9.17, 15) is 9.90 Å². The fourth-order valence-corrected chi connectivity index (χ4v) is 3.03. The van der Waals surface area contributed by atoms with Crippen molar-refractivity contribution in [1.29, 1.82) is 0 Å². The van der Waals surface area contributed by atoms with Crippen LogP contribution in [0.25, 0.3) is 10.6 Å². The lowest BCUT2D eigenvalue weighted by Crippen LogP contribution is -2.05. The third kappa shape index (κ3) is 2.88. The molecule has 1 N–H and O–H groups in total. The molecule has 0 fully saturated rings. The van der Waals surface area contributed by atoms with E-state index < -0.39 is 5.97 Å². The van der Waals surface area contributed by atoms with Gasteiger partial charge >= 0.3 is 5.97 Å². The van der Waals surface area contributed by atoms with Gasteiger partial charge in [-0.05, 0) is 29.1 Å². The summed E-state index contributed by atoms with van der Waals surface area (Å²) in [5.74, 6) is -1.07. The fraction of sp³-hybridized carbons (Fsp3) is 0.0714. The molecule has 2 heterocycles. The minimum absolute atomic E-state index is 0.0189. The first-order valence-electron chi connectivity index (χ1n) is 6.10. The van der Waals surface area contributed by atoms with Gasteiger partial charge in [-0.15, -0.1) is 16.4 Å². The Morgan fingerprint density at radius 1 is 1.29 bits per heavy atom. The zero-order valence-corrected chi connectivity index (χ0v) is 13.1. The first-order chi connectivity index (χ1) is 10.1. The number of halogens is 1. The first-order valence-corrected chi connectivity index (χ1v) is 7.77. The Bertz CT molecular complexity index is 766. The van der Waals surface area contributed by atoms with Crippen LogP contribution in [0.15, 0.2) is 46.3 Å². The van der Waals surface area contributed by atoms with Crippen LogP contribution in [-0.2, 0) is 6.54 Å². The largest absolute Gasteiger partial charge is 0.476 e. The van der Waals surface area contributed by atoms with E-state index in [2.05, 4.69) is 26.2 Å². The van der Waals surface area contributed by atoms with Crippen molar-refractivity contribution in [2.45, 2.75) is 6.54 Å². The molecule has 0 aliphatic carbocycles. The number of hydrogen-bond donors (Lipinski definition) is 1. The molecule has 0 bridgehead atoms. The molecule has 21 heavy (non-hydrogen) atoms. The van der Waals surface area contributed by atoms with Gasteiger partial charge < -0.3 is 5.11 Å². The van der Waals surface area contributed by atoms with Crippen LogP contribution in [0.4, 0.5) is 0 Å². The van der Waals surface area contributed by atoms with E-state index in [-0.39, 0.29) is 5.69 Å². The third-order valence-electron chi connectivity index (χ3n) is 2.94. The lowest BCUT2D eigenvalue weighted by Gasteiger charge is -2.06. The minimum Gasteiger partial charge on any atom is -0.476 e. The lowest BCUT2D eigenvalue weighted by molar-refractivity contribution is 0.0691. The molecule has 0 unspecified atom stereocenters. The number of aromatic nitrogens is 3. The molecule has 7 heteroatoms. The van der Waals surface area contributed by atoms with Gasteiger partial charge in [0.2, 0.25) is 0 Å². The van der Waals surface area contributed by atoms with Crippen molar-refractivity contribution >= 4 is 33.2 Å². The van der Waals surface area contributed by atoms with Crippen LogP contribution >= 0.6 is 27.3 Å². The van der Waals surface area contributed by atoms with E-state index in [0.717, 1.165) is 14.9 Å². The summed E-state index contributed by atoms with van der Waals surface area (Å²) in [5.41, 5.74) is 1.55. The predicted molar refractivity (Wildman–Crippen MR) is 83.5 cm³/mol. The van der Waals surface area contributed by atoms with Gasteiger partial charge in [-0.3, -0.25) is 0 Å². The van der Waals surface area contributed by atoms with Crippen molar-refractivity contribution in [2.75, 3.05) is 0 Å². The Morgan fingerprint density at radius 2 is 2.05 bits per heavy atom. The molecule has 0 aliphatic heterocycles. The Labute approximate surface area is 133 Å². The highest BCUT2D eigenvalue weighted by Gasteiger charge is 2.21. The molecule has 1 aromatic carbocycles. The zero-order chi connectivity index (χ0) is 14.8. The first kappa shape index (κ1) is 14.0. The number of thiophene rings is 1. The van der Waals surface area contributed by atoms with Gasteiger partial charge in [0.15, 0.2) is 5.69 Å². The SMILES string of the molecule is O=C(O)c1nnn(Cc2ccc(Br)cc2)c1-c1cccs1. The second-order valence-electron chi connectivity index (χ2n) is 4.35. The Morgan fingerprint density at radius 3 is 2.67 bits per heavy atom. The number of carboxylic acids is 1. The smallest absolute Gasteiger partial charge is 0.358 e. The van der Waals surface area contributed by atoms with Crippen LogP contribution in [0, 0.1) is 0 Å². The van der Waals surface area contributed by atoms with Crippen molar-refractivity contribution in [1.82, 2.24) is 15.0 Å². The molecule has 5 nitrogen and oxygen atoms in total. The van der Waals surface area contributed by atoms with Gasteiger partial charge in [0, 0.05) is 4.47 Å². The van der Waals surface area contributed by atoms with Crippen LogP contribution in [0.3, 0.4) is 0 Å². The molecule has 3 rings (SSSR count). The normalized spacial score (nSPS) is 10.7. The Hall–Kier alpha value is -1.99.